The van der Waals surface area contributed by atoms with Crippen LogP contribution in [0.5, 0.6) is 11.5 Å². The van der Waals surface area contributed by atoms with Crippen molar-refractivity contribution in [3.63, 3.8) is 0 Å². The summed E-state index contributed by atoms with van der Waals surface area (Å²) in [7, 11) is 0. The number of rotatable bonds is 6. The van der Waals surface area contributed by atoms with Crippen molar-refractivity contribution in [1.82, 2.24) is 0 Å². The number of phenols is 1. The Morgan fingerprint density at radius 3 is 2.79 bits per heavy atom. The van der Waals surface area contributed by atoms with E-state index in [1.165, 1.54) is 18.0 Å². The number of halogens is 1. The van der Waals surface area contributed by atoms with Gasteiger partial charge in [0.25, 0.3) is 0 Å². The third kappa shape index (κ3) is 5.58. The molecular formula is C17H18BrN3O2S. The minimum absolute atomic E-state index is 0.0227. The number of phenolic OH excluding ortho intramolecular Hbond substituents is 1. The summed E-state index contributed by atoms with van der Waals surface area (Å²) in [5.41, 5.74) is 7.49. The topological polar surface area (TPSA) is 80.2 Å². The van der Waals surface area contributed by atoms with Gasteiger partial charge in [-0.25, -0.2) is 0 Å². The van der Waals surface area contributed by atoms with Crippen molar-refractivity contribution in [2.45, 2.75) is 12.7 Å². The van der Waals surface area contributed by atoms with E-state index in [1.807, 2.05) is 37.3 Å². The highest BCUT2D eigenvalue weighted by Crippen LogP contribution is 2.32. The highest BCUT2D eigenvalue weighted by Gasteiger charge is 2.08. The Kier molecular flexibility index (Phi) is 7.14. The van der Waals surface area contributed by atoms with E-state index in [4.69, 9.17) is 10.5 Å². The Morgan fingerprint density at radius 2 is 2.08 bits per heavy atom. The van der Waals surface area contributed by atoms with Crippen LogP contribution < -0.4 is 10.5 Å². The summed E-state index contributed by atoms with van der Waals surface area (Å²) in [6.45, 7) is 2.31. The van der Waals surface area contributed by atoms with Crippen LogP contribution in [0.3, 0.4) is 0 Å². The summed E-state index contributed by atoms with van der Waals surface area (Å²) in [5.74, 6) is 1.14. The second kappa shape index (κ2) is 9.34. The summed E-state index contributed by atoms with van der Waals surface area (Å²) in [4.78, 5) is 0. The van der Waals surface area contributed by atoms with Gasteiger partial charge in [-0.05, 0) is 24.6 Å². The summed E-state index contributed by atoms with van der Waals surface area (Å²) in [6, 6.07) is 13.4. The average molecular weight is 408 g/mol. The molecule has 0 saturated heterocycles. The van der Waals surface area contributed by atoms with Gasteiger partial charge in [0.15, 0.2) is 16.7 Å². The molecule has 0 heterocycles. The highest BCUT2D eigenvalue weighted by atomic mass is 79.9. The number of amidine groups is 1. The number of hydrogen-bond acceptors (Lipinski definition) is 5. The van der Waals surface area contributed by atoms with Gasteiger partial charge in [0.2, 0.25) is 0 Å². The molecule has 0 amide bonds. The van der Waals surface area contributed by atoms with Gasteiger partial charge in [-0.3, -0.25) is 0 Å². The summed E-state index contributed by atoms with van der Waals surface area (Å²) >= 11 is 4.77. The number of nitrogens with zero attached hydrogens (tertiary/aromatic N) is 2. The van der Waals surface area contributed by atoms with Crippen molar-refractivity contribution < 1.29 is 9.84 Å². The van der Waals surface area contributed by atoms with Gasteiger partial charge in [-0.1, -0.05) is 58.0 Å². The third-order valence-corrected chi connectivity index (χ3v) is 4.26. The lowest BCUT2D eigenvalue weighted by Crippen LogP contribution is -2.06. The first-order chi connectivity index (χ1) is 11.6. The maximum Gasteiger partial charge on any atom is 0.180 e. The number of aromatic hydroxyl groups is 1. The molecule has 2 aromatic carbocycles. The van der Waals surface area contributed by atoms with Gasteiger partial charge in [-0.15, -0.1) is 5.10 Å². The first kappa shape index (κ1) is 18.4. The van der Waals surface area contributed by atoms with Gasteiger partial charge in [0.05, 0.1) is 12.8 Å². The zero-order valence-corrected chi connectivity index (χ0v) is 15.5. The molecule has 0 aliphatic rings. The van der Waals surface area contributed by atoms with Gasteiger partial charge < -0.3 is 15.6 Å². The minimum atomic E-state index is 0.0227. The molecule has 0 bridgehead atoms. The first-order valence-electron chi connectivity index (χ1n) is 7.28. The van der Waals surface area contributed by atoms with Crippen molar-refractivity contribution in [1.29, 1.82) is 0 Å². The van der Waals surface area contributed by atoms with E-state index in [0.29, 0.717) is 23.1 Å². The zero-order chi connectivity index (χ0) is 17.4. The fourth-order valence-electron chi connectivity index (χ4n) is 1.87. The number of ether oxygens (including phenoxy) is 1. The molecule has 126 valence electrons. The summed E-state index contributed by atoms with van der Waals surface area (Å²) in [6.07, 6.45) is 1.44. The van der Waals surface area contributed by atoms with Gasteiger partial charge in [0.1, 0.15) is 0 Å². The van der Waals surface area contributed by atoms with Crippen molar-refractivity contribution in [2.24, 2.45) is 15.9 Å². The number of hydrogen-bond donors (Lipinski definition) is 2. The molecule has 0 aliphatic carbocycles. The average Bonchev–Trinajstić information content (AvgIpc) is 2.58. The van der Waals surface area contributed by atoms with E-state index in [1.54, 1.807) is 12.1 Å². The van der Waals surface area contributed by atoms with Crippen molar-refractivity contribution >= 4 is 39.1 Å². The Morgan fingerprint density at radius 1 is 1.33 bits per heavy atom. The molecule has 7 heteroatoms. The Balaban J connectivity index is 2.02. The minimum Gasteiger partial charge on any atom is -0.504 e. The van der Waals surface area contributed by atoms with E-state index in [0.717, 1.165) is 15.8 Å². The molecule has 0 spiro atoms. The largest absolute Gasteiger partial charge is 0.504 e. The second-order valence-corrected chi connectivity index (χ2v) is 6.64. The fraction of sp³-hybridized carbons (Fsp3) is 0.176. The molecule has 0 fully saturated rings. The van der Waals surface area contributed by atoms with Crippen molar-refractivity contribution in [2.75, 3.05) is 6.61 Å². The predicted molar refractivity (Wildman–Crippen MR) is 104 cm³/mol. The molecule has 24 heavy (non-hydrogen) atoms. The van der Waals surface area contributed by atoms with E-state index in [9.17, 15) is 5.11 Å². The third-order valence-electron chi connectivity index (χ3n) is 2.95. The first-order valence-corrected chi connectivity index (χ1v) is 9.06. The van der Waals surface area contributed by atoms with Crippen molar-refractivity contribution in [3.05, 3.63) is 58.1 Å². The molecule has 0 atom stereocenters. The Bertz CT molecular complexity index is 736. The van der Waals surface area contributed by atoms with E-state index < -0.39 is 0 Å². The Labute approximate surface area is 153 Å². The monoisotopic (exact) mass is 407 g/mol. The standard InChI is InChI=1S/C17H18BrN3O2S/c1-2-23-15-9-14(18)8-13(16(15)22)10-20-21-17(19)24-11-12-6-4-3-5-7-12/h3-10,22H,2,11H2,1H3,(H2,19,21). The lowest BCUT2D eigenvalue weighted by atomic mass is 10.2. The molecule has 3 N–H and O–H groups in total. The van der Waals surface area contributed by atoms with Gasteiger partial charge >= 0.3 is 0 Å². The molecule has 0 aliphatic heterocycles. The number of nitrogens with two attached hydrogens (primary N) is 1. The highest BCUT2D eigenvalue weighted by molar-refractivity contribution is 9.10. The fourth-order valence-corrected chi connectivity index (χ4v) is 2.93. The molecule has 0 aromatic heterocycles. The van der Waals surface area contributed by atoms with Crippen LogP contribution in [-0.2, 0) is 5.75 Å². The summed E-state index contributed by atoms with van der Waals surface area (Å²) < 4.78 is 6.15. The molecule has 0 radical (unpaired) electrons. The predicted octanol–water partition coefficient (Wildman–Crippen LogP) is 4.14. The lowest BCUT2D eigenvalue weighted by molar-refractivity contribution is 0.317. The van der Waals surface area contributed by atoms with Crippen molar-refractivity contribution in [3.8, 4) is 11.5 Å². The second-order valence-electron chi connectivity index (χ2n) is 4.73. The van der Waals surface area contributed by atoms with Gasteiger partial charge in [-0.2, -0.15) is 5.10 Å². The molecule has 2 rings (SSSR count). The Hall–Kier alpha value is -1.99. The maximum absolute atomic E-state index is 10.1. The molecule has 5 nitrogen and oxygen atoms in total. The van der Waals surface area contributed by atoms with E-state index in [-0.39, 0.29) is 5.75 Å². The lowest BCUT2D eigenvalue weighted by Gasteiger charge is -2.08. The van der Waals surface area contributed by atoms with Crippen LogP contribution in [0.2, 0.25) is 0 Å². The van der Waals surface area contributed by atoms with Gasteiger partial charge in [0, 0.05) is 15.8 Å². The quantitative estimate of drug-likeness (QED) is 0.428. The van der Waals surface area contributed by atoms with Crippen LogP contribution in [0.4, 0.5) is 0 Å². The molecule has 2 aromatic rings. The van der Waals surface area contributed by atoms with Crippen LogP contribution in [0.1, 0.15) is 18.1 Å². The van der Waals surface area contributed by atoms with E-state index >= 15 is 0 Å². The van der Waals surface area contributed by atoms with Crippen LogP contribution in [-0.4, -0.2) is 23.1 Å². The van der Waals surface area contributed by atoms with Crippen LogP contribution in [0.25, 0.3) is 0 Å². The maximum atomic E-state index is 10.1. The van der Waals surface area contributed by atoms with Crippen LogP contribution in [0, 0.1) is 0 Å². The molecular weight excluding hydrogens is 390 g/mol. The normalized spacial score (nSPS) is 11.8. The molecule has 0 unspecified atom stereocenters. The zero-order valence-electron chi connectivity index (χ0n) is 13.1. The van der Waals surface area contributed by atoms with Crippen LogP contribution >= 0.6 is 27.7 Å². The van der Waals surface area contributed by atoms with Crippen LogP contribution in [0.15, 0.2) is 57.1 Å². The smallest absolute Gasteiger partial charge is 0.180 e. The van der Waals surface area contributed by atoms with E-state index in [2.05, 4.69) is 26.1 Å². The number of thioether (sulfide) groups is 1. The SMILES string of the molecule is CCOc1cc(Br)cc(C=NN=C(N)SCc2ccccc2)c1O. The molecule has 0 saturated carbocycles. The summed E-state index contributed by atoms with van der Waals surface area (Å²) in [5, 5.41) is 18.4. The number of benzene rings is 2.